The summed E-state index contributed by atoms with van der Waals surface area (Å²) in [5.41, 5.74) is 2.07. The fourth-order valence-electron chi connectivity index (χ4n) is 1.84. The van der Waals surface area contributed by atoms with E-state index in [0.717, 1.165) is 17.7 Å². The van der Waals surface area contributed by atoms with Crippen LogP contribution in [0.2, 0.25) is 0 Å². The Balaban J connectivity index is 2.52. The van der Waals surface area contributed by atoms with E-state index in [9.17, 15) is 13.2 Å². The average molecular weight is 276 g/mol. The average Bonchev–Trinajstić information content (AvgIpc) is 2.33. The maximum absolute atomic E-state index is 12.0. The molecular formula is C13H19F3N2O. The first kappa shape index (κ1) is 15.9. The third-order valence-corrected chi connectivity index (χ3v) is 2.72. The van der Waals surface area contributed by atoms with Crippen LogP contribution in [0, 0.1) is 6.92 Å². The molecule has 0 aliphatic heterocycles. The summed E-state index contributed by atoms with van der Waals surface area (Å²) in [6.07, 6.45) is -0.344. The molecule has 1 heterocycles. The van der Waals surface area contributed by atoms with Crippen LogP contribution in [-0.4, -0.2) is 30.9 Å². The maximum Gasteiger partial charge on any atom is 0.411 e. The maximum atomic E-state index is 12.0. The molecule has 108 valence electrons. The fraction of sp³-hybridized carbons (Fsp3) is 0.615. The lowest BCUT2D eigenvalue weighted by Gasteiger charge is -2.20. The van der Waals surface area contributed by atoms with Crippen molar-refractivity contribution in [1.82, 2.24) is 10.3 Å². The van der Waals surface area contributed by atoms with Gasteiger partial charge in [0.05, 0.1) is 0 Å². The van der Waals surface area contributed by atoms with E-state index in [1.165, 1.54) is 0 Å². The highest BCUT2D eigenvalue weighted by Gasteiger charge is 2.27. The van der Waals surface area contributed by atoms with Gasteiger partial charge in [-0.05, 0) is 37.1 Å². The molecule has 1 N–H and O–H groups in total. The molecule has 1 atom stereocenters. The first-order chi connectivity index (χ1) is 8.94. The fourth-order valence-corrected chi connectivity index (χ4v) is 1.84. The molecule has 19 heavy (non-hydrogen) atoms. The molecule has 0 radical (unpaired) electrons. The number of nitrogens with zero attached hydrogens (tertiary/aromatic N) is 1. The Kier molecular flexibility index (Phi) is 6.24. The second kappa shape index (κ2) is 7.45. The second-order valence-corrected chi connectivity index (χ2v) is 4.30. The SMILES string of the molecule is CCNC(CCOCC(F)(F)F)c1cnccc1C. The van der Waals surface area contributed by atoms with E-state index in [2.05, 4.69) is 15.0 Å². The number of ether oxygens (including phenoxy) is 1. The Morgan fingerprint density at radius 2 is 2.16 bits per heavy atom. The predicted octanol–water partition coefficient (Wildman–Crippen LogP) is 3.01. The molecule has 0 bridgehead atoms. The van der Waals surface area contributed by atoms with Crippen molar-refractivity contribution in [3.63, 3.8) is 0 Å². The third-order valence-electron chi connectivity index (χ3n) is 2.72. The molecule has 0 aromatic carbocycles. The van der Waals surface area contributed by atoms with Gasteiger partial charge in [0, 0.05) is 25.0 Å². The lowest BCUT2D eigenvalue weighted by Crippen LogP contribution is -2.24. The van der Waals surface area contributed by atoms with Crippen LogP contribution >= 0.6 is 0 Å². The minimum absolute atomic E-state index is 0.0352. The number of nitrogens with one attached hydrogen (secondary N) is 1. The monoisotopic (exact) mass is 276 g/mol. The molecule has 1 aromatic rings. The number of aryl methyl sites for hydroxylation is 1. The van der Waals surface area contributed by atoms with Gasteiger partial charge < -0.3 is 10.1 Å². The molecule has 0 amide bonds. The number of aromatic nitrogens is 1. The number of alkyl halides is 3. The van der Waals surface area contributed by atoms with E-state index in [-0.39, 0.29) is 12.6 Å². The first-order valence-electron chi connectivity index (χ1n) is 6.22. The van der Waals surface area contributed by atoms with Gasteiger partial charge in [-0.3, -0.25) is 4.98 Å². The van der Waals surface area contributed by atoms with Crippen molar-refractivity contribution in [2.24, 2.45) is 0 Å². The standard InChI is InChI=1S/C13H19F3N2O/c1-3-18-12(5-7-19-9-13(14,15)16)11-8-17-6-4-10(11)2/h4,6,8,12,18H,3,5,7,9H2,1-2H3. The van der Waals surface area contributed by atoms with Crippen LogP contribution in [-0.2, 0) is 4.74 Å². The van der Waals surface area contributed by atoms with Gasteiger partial charge in [-0.2, -0.15) is 13.2 Å². The van der Waals surface area contributed by atoms with E-state index >= 15 is 0 Å². The van der Waals surface area contributed by atoms with Crippen molar-refractivity contribution in [3.8, 4) is 0 Å². The van der Waals surface area contributed by atoms with Crippen molar-refractivity contribution in [1.29, 1.82) is 0 Å². The zero-order valence-corrected chi connectivity index (χ0v) is 11.1. The summed E-state index contributed by atoms with van der Waals surface area (Å²) in [6, 6.07) is 1.85. The molecular weight excluding hydrogens is 257 g/mol. The van der Waals surface area contributed by atoms with Gasteiger partial charge in [-0.25, -0.2) is 0 Å². The zero-order valence-electron chi connectivity index (χ0n) is 11.1. The van der Waals surface area contributed by atoms with Crippen LogP contribution in [0.25, 0.3) is 0 Å². The Morgan fingerprint density at radius 3 is 2.74 bits per heavy atom. The largest absolute Gasteiger partial charge is 0.411 e. The summed E-state index contributed by atoms with van der Waals surface area (Å²) < 4.78 is 40.5. The molecule has 3 nitrogen and oxygen atoms in total. The lowest BCUT2D eigenvalue weighted by atomic mass is 10.0. The molecule has 0 saturated heterocycles. The topological polar surface area (TPSA) is 34.1 Å². The van der Waals surface area contributed by atoms with Gasteiger partial charge in [0.2, 0.25) is 0 Å². The number of pyridine rings is 1. The normalized spacial score (nSPS) is 13.5. The number of rotatable bonds is 7. The predicted molar refractivity (Wildman–Crippen MR) is 66.9 cm³/mol. The Labute approximate surface area is 111 Å². The summed E-state index contributed by atoms with van der Waals surface area (Å²) in [6.45, 7) is 3.51. The molecule has 1 unspecified atom stereocenters. The quantitative estimate of drug-likeness (QED) is 0.777. The van der Waals surface area contributed by atoms with E-state index < -0.39 is 12.8 Å². The second-order valence-electron chi connectivity index (χ2n) is 4.30. The van der Waals surface area contributed by atoms with E-state index in [4.69, 9.17) is 0 Å². The van der Waals surface area contributed by atoms with Crippen LogP contribution in [0.3, 0.4) is 0 Å². The molecule has 6 heteroatoms. The van der Waals surface area contributed by atoms with Crippen LogP contribution in [0.5, 0.6) is 0 Å². The Morgan fingerprint density at radius 1 is 1.42 bits per heavy atom. The van der Waals surface area contributed by atoms with Crippen LogP contribution in [0.4, 0.5) is 13.2 Å². The summed E-state index contributed by atoms with van der Waals surface area (Å²) in [7, 11) is 0. The molecule has 1 aromatic heterocycles. The molecule has 0 aliphatic carbocycles. The Bertz CT molecular complexity index is 382. The molecule has 1 rings (SSSR count). The minimum atomic E-state index is -4.27. The first-order valence-corrected chi connectivity index (χ1v) is 6.22. The zero-order chi connectivity index (χ0) is 14.3. The minimum Gasteiger partial charge on any atom is -0.372 e. The number of hydrogen-bond donors (Lipinski definition) is 1. The van der Waals surface area contributed by atoms with Gasteiger partial charge in [-0.1, -0.05) is 6.92 Å². The van der Waals surface area contributed by atoms with Crippen molar-refractivity contribution in [2.75, 3.05) is 19.8 Å². The van der Waals surface area contributed by atoms with Crippen molar-refractivity contribution in [2.45, 2.75) is 32.5 Å². The Hall–Kier alpha value is -1.14. The summed E-state index contributed by atoms with van der Waals surface area (Å²) in [4.78, 5) is 4.06. The summed E-state index contributed by atoms with van der Waals surface area (Å²) in [5.74, 6) is 0. The third kappa shape index (κ3) is 6.02. The molecule has 0 aliphatic rings. The van der Waals surface area contributed by atoms with Gasteiger partial charge in [0.1, 0.15) is 6.61 Å². The van der Waals surface area contributed by atoms with Gasteiger partial charge in [0.15, 0.2) is 0 Å². The van der Waals surface area contributed by atoms with Crippen molar-refractivity contribution < 1.29 is 17.9 Å². The van der Waals surface area contributed by atoms with Crippen LogP contribution in [0.15, 0.2) is 18.5 Å². The highest BCUT2D eigenvalue weighted by atomic mass is 19.4. The summed E-state index contributed by atoms with van der Waals surface area (Å²) in [5, 5.41) is 3.24. The van der Waals surface area contributed by atoms with Gasteiger partial charge in [0.25, 0.3) is 0 Å². The molecule has 0 fully saturated rings. The van der Waals surface area contributed by atoms with Gasteiger partial charge in [-0.15, -0.1) is 0 Å². The summed E-state index contributed by atoms with van der Waals surface area (Å²) >= 11 is 0. The smallest absolute Gasteiger partial charge is 0.372 e. The highest BCUT2D eigenvalue weighted by molar-refractivity contribution is 5.24. The number of hydrogen-bond acceptors (Lipinski definition) is 3. The van der Waals surface area contributed by atoms with Crippen LogP contribution < -0.4 is 5.32 Å². The van der Waals surface area contributed by atoms with Crippen molar-refractivity contribution in [3.05, 3.63) is 29.6 Å². The van der Waals surface area contributed by atoms with E-state index in [0.29, 0.717) is 6.42 Å². The van der Waals surface area contributed by atoms with Crippen molar-refractivity contribution >= 4 is 0 Å². The lowest BCUT2D eigenvalue weighted by molar-refractivity contribution is -0.174. The molecule has 0 saturated carbocycles. The van der Waals surface area contributed by atoms with Crippen LogP contribution in [0.1, 0.15) is 30.5 Å². The number of halogens is 3. The van der Waals surface area contributed by atoms with E-state index in [1.54, 1.807) is 12.4 Å². The van der Waals surface area contributed by atoms with E-state index in [1.807, 2.05) is 19.9 Å². The molecule has 0 spiro atoms. The van der Waals surface area contributed by atoms with Gasteiger partial charge >= 0.3 is 6.18 Å². The highest BCUT2D eigenvalue weighted by Crippen LogP contribution is 2.20.